The quantitative estimate of drug-likeness (QED) is 0.862. The van der Waals surface area contributed by atoms with Gasteiger partial charge in [0.25, 0.3) is 11.4 Å². The number of nitrogens with one attached hydrogen (secondary N) is 1. The van der Waals surface area contributed by atoms with E-state index >= 15 is 0 Å². The highest BCUT2D eigenvalue weighted by molar-refractivity contribution is 5.98. The summed E-state index contributed by atoms with van der Waals surface area (Å²) in [5.74, 6) is 0.583. The van der Waals surface area contributed by atoms with Crippen LogP contribution in [0.5, 0.6) is 0 Å². The van der Waals surface area contributed by atoms with Crippen LogP contribution in [0.25, 0.3) is 11.5 Å². The molecule has 8 heteroatoms. The average molecular weight is 337 g/mol. The molecule has 4 rings (SSSR count). The Bertz CT molecular complexity index is 822. The van der Waals surface area contributed by atoms with E-state index in [-0.39, 0.29) is 35.2 Å². The van der Waals surface area contributed by atoms with Gasteiger partial charge < -0.3 is 15.2 Å². The number of nitrogens with zero attached hydrogens (tertiary/aromatic N) is 2. The van der Waals surface area contributed by atoms with Gasteiger partial charge in [-0.15, -0.1) is 12.4 Å². The van der Waals surface area contributed by atoms with Gasteiger partial charge in [0.1, 0.15) is 5.56 Å². The van der Waals surface area contributed by atoms with Crippen molar-refractivity contribution in [3.8, 4) is 11.5 Å². The second-order valence-electron chi connectivity index (χ2n) is 6.11. The number of hydrogen-bond donors (Lipinski definition) is 2. The Morgan fingerprint density at radius 2 is 1.96 bits per heavy atom. The Morgan fingerprint density at radius 1 is 1.17 bits per heavy atom. The van der Waals surface area contributed by atoms with Gasteiger partial charge in [0.2, 0.25) is 0 Å². The Balaban J connectivity index is 0.00000156. The standard InChI is InChI=1S/C15H16N4O3.ClH/c16-15(5-2-6-15)14-18-13(22-19-14)9-7-8-10(17-12(9)21)3-1-4-11(8)20;/h7H,1-6,16H2,(H,17,21);1H. The summed E-state index contributed by atoms with van der Waals surface area (Å²) in [6, 6.07) is 1.57. The summed E-state index contributed by atoms with van der Waals surface area (Å²) in [6.07, 6.45) is 4.63. The third-order valence-electron chi connectivity index (χ3n) is 4.60. The zero-order valence-corrected chi connectivity index (χ0v) is 13.2. The SMILES string of the molecule is Cl.NC1(c2noc(-c3cc4c([nH]c3=O)CCCC4=O)n2)CCC1. The number of nitrogens with two attached hydrogens (primary N) is 1. The zero-order valence-electron chi connectivity index (χ0n) is 12.4. The molecule has 0 saturated heterocycles. The van der Waals surface area contributed by atoms with E-state index in [9.17, 15) is 9.59 Å². The van der Waals surface area contributed by atoms with Gasteiger partial charge in [-0.1, -0.05) is 5.16 Å². The molecule has 2 aliphatic rings. The number of Topliss-reactive ketones (excluding diaryl/α,β-unsaturated/α-hetero) is 1. The molecule has 7 nitrogen and oxygen atoms in total. The minimum absolute atomic E-state index is 0. The number of fused-ring (bicyclic) bond motifs is 1. The highest BCUT2D eigenvalue weighted by Gasteiger charge is 2.39. The number of carbonyl (C=O) groups is 1. The summed E-state index contributed by atoms with van der Waals surface area (Å²) >= 11 is 0. The number of halogens is 1. The number of aryl methyl sites for hydroxylation is 1. The first-order valence-corrected chi connectivity index (χ1v) is 7.50. The molecule has 0 amide bonds. The number of carbonyl (C=O) groups excluding carboxylic acids is 1. The molecule has 23 heavy (non-hydrogen) atoms. The van der Waals surface area contributed by atoms with Gasteiger partial charge in [-0.05, 0) is 38.2 Å². The van der Waals surface area contributed by atoms with Crippen LogP contribution in [0.15, 0.2) is 15.4 Å². The molecule has 2 aromatic rings. The molecular formula is C15H17ClN4O3. The number of aromatic amines is 1. The van der Waals surface area contributed by atoms with E-state index < -0.39 is 5.54 Å². The van der Waals surface area contributed by atoms with Crippen LogP contribution in [0.4, 0.5) is 0 Å². The smallest absolute Gasteiger partial charge is 0.263 e. The lowest BCUT2D eigenvalue weighted by atomic mass is 9.77. The van der Waals surface area contributed by atoms with E-state index in [0.717, 1.165) is 25.7 Å². The van der Waals surface area contributed by atoms with Crippen molar-refractivity contribution in [2.45, 2.75) is 44.1 Å². The number of rotatable bonds is 2. The van der Waals surface area contributed by atoms with Gasteiger partial charge in [0.05, 0.1) is 5.54 Å². The van der Waals surface area contributed by atoms with Crippen LogP contribution in [0.2, 0.25) is 0 Å². The van der Waals surface area contributed by atoms with Crippen molar-refractivity contribution in [1.29, 1.82) is 0 Å². The molecule has 0 radical (unpaired) electrons. The fraction of sp³-hybridized carbons (Fsp3) is 0.467. The van der Waals surface area contributed by atoms with Gasteiger partial charge in [-0.25, -0.2) is 0 Å². The second-order valence-corrected chi connectivity index (χ2v) is 6.11. The van der Waals surface area contributed by atoms with E-state index in [4.69, 9.17) is 10.3 Å². The Hall–Kier alpha value is -1.99. The van der Waals surface area contributed by atoms with E-state index in [2.05, 4.69) is 15.1 Å². The average Bonchev–Trinajstić information content (AvgIpc) is 2.94. The van der Waals surface area contributed by atoms with Crippen LogP contribution >= 0.6 is 12.4 Å². The first kappa shape index (κ1) is 15.9. The molecule has 0 atom stereocenters. The van der Waals surface area contributed by atoms with Gasteiger partial charge >= 0.3 is 0 Å². The maximum Gasteiger partial charge on any atom is 0.263 e. The molecular weight excluding hydrogens is 320 g/mol. The second kappa shape index (κ2) is 5.58. The maximum atomic E-state index is 12.2. The predicted molar refractivity (Wildman–Crippen MR) is 84.6 cm³/mol. The van der Waals surface area contributed by atoms with Crippen molar-refractivity contribution in [3.05, 3.63) is 33.5 Å². The molecule has 0 spiro atoms. The van der Waals surface area contributed by atoms with Crippen LogP contribution in [-0.2, 0) is 12.0 Å². The zero-order chi connectivity index (χ0) is 15.3. The fourth-order valence-corrected chi connectivity index (χ4v) is 3.05. The number of H-pyrrole nitrogens is 1. The largest absolute Gasteiger partial charge is 0.334 e. The molecule has 0 unspecified atom stereocenters. The Morgan fingerprint density at radius 3 is 2.65 bits per heavy atom. The lowest BCUT2D eigenvalue weighted by Crippen LogP contribution is -2.44. The van der Waals surface area contributed by atoms with Gasteiger partial charge in [0, 0.05) is 17.7 Å². The first-order valence-electron chi connectivity index (χ1n) is 7.50. The molecule has 3 N–H and O–H groups in total. The van der Waals surface area contributed by atoms with E-state index in [0.29, 0.717) is 29.9 Å². The normalized spacial score (nSPS) is 18.7. The van der Waals surface area contributed by atoms with Crippen LogP contribution in [0.3, 0.4) is 0 Å². The summed E-state index contributed by atoms with van der Waals surface area (Å²) in [4.78, 5) is 31.2. The van der Waals surface area contributed by atoms with Crippen LogP contribution in [0.1, 0.15) is 54.0 Å². The third kappa shape index (κ3) is 2.49. The summed E-state index contributed by atoms with van der Waals surface area (Å²) in [6.45, 7) is 0. The minimum Gasteiger partial charge on any atom is -0.334 e. The molecule has 1 fully saturated rings. The van der Waals surface area contributed by atoms with Crippen molar-refractivity contribution < 1.29 is 9.32 Å². The molecule has 2 aliphatic carbocycles. The highest BCUT2D eigenvalue weighted by Crippen LogP contribution is 2.37. The maximum absolute atomic E-state index is 12.2. The van der Waals surface area contributed by atoms with Crippen molar-refractivity contribution in [3.63, 3.8) is 0 Å². The molecule has 122 valence electrons. The van der Waals surface area contributed by atoms with E-state index in [1.165, 1.54) is 0 Å². The van der Waals surface area contributed by atoms with Crippen molar-refractivity contribution in [2.75, 3.05) is 0 Å². The summed E-state index contributed by atoms with van der Waals surface area (Å²) in [5, 5.41) is 3.91. The Labute approximate surface area is 138 Å². The predicted octanol–water partition coefficient (Wildman–Crippen LogP) is 1.70. The van der Waals surface area contributed by atoms with Crippen molar-refractivity contribution in [2.24, 2.45) is 5.73 Å². The summed E-state index contributed by atoms with van der Waals surface area (Å²) in [7, 11) is 0. The number of hydrogen-bond acceptors (Lipinski definition) is 6. The molecule has 0 aromatic carbocycles. The van der Waals surface area contributed by atoms with E-state index in [1.54, 1.807) is 6.07 Å². The van der Waals surface area contributed by atoms with Crippen LogP contribution < -0.4 is 11.3 Å². The topological polar surface area (TPSA) is 115 Å². The number of ketones is 1. The molecule has 2 aromatic heterocycles. The third-order valence-corrected chi connectivity index (χ3v) is 4.60. The molecule has 0 aliphatic heterocycles. The number of aromatic nitrogens is 3. The lowest BCUT2D eigenvalue weighted by Gasteiger charge is -2.34. The van der Waals surface area contributed by atoms with Gasteiger partial charge in [-0.3, -0.25) is 9.59 Å². The lowest BCUT2D eigenvalue weighted by molar-refractivity contribution is 0.0971. The molecule has 0 bridgehead atoms. The Kier molecular flexibility index (Phi) is 3.85. The summed E-state index contributed by atoms with van der Waals surface area (Å²) < 4.78 is 5.21. The van der Waals surface area contributed by atoms with E-state index in [1.807, 2.05) is 0 Å². The minimum atomic E-state index is -0.543. The highest BCUT2D eigenvalue weighted by atomic mass is 35.5. The van der Waals surface area contributed by atoms with Crippen molar-refractivity contribution in [1.82, 2.24) is 15.1 Å². The van der Waals surface area contributed by atoms with Gasteiger partial charge in [0.15, 0.2) is 11.6 Å². The van der Waals surface area contributed by atoms with Crippen molar-refractivity contribution >= 4 is 18.2 Å². The van der Waals surface area contributed by atoms with Crippen LogP contribution in [-0.4, -0.2) is 20.9 Å². The molecule has 2 heterocycles. The first-order chi connectivity index (χ1) is 10.6. The number of pyridine rings is 1. The summed E-state index contributed by atoms with van der Waals surface area (Å²) in [5.41, 5.74) is 6.78. The monoisotopic (exact) mass is 336 g/mol. The van der Waals surface area contributed by atoms with Crippen LogP contribution in [0, 0.1) is 0 Å². The fourth-order valence-electron chi connectivity index (χ4n) is 3.05. The molecule has 1 saturated carbocycles. The van der Waals surface area contributed by atoms with Gasteiger partial charge in [-0.2, -0.15) is 4.98 Å².